The van der Waals surface area contributed by atoms with Gasteiger partial charge in [-0.1, -0.05) is 25.5 Å². The van der Waals surface area contributed by atoms with Gasteiger partial charge in [-0.25, -0.2) is 4.39 Å². The van der Waals surface area contributed by atoms with Gasteiger partial charge in [0, 0.05) is 23.7 Å². The van der Waals surface area contributed by atoms with Crippen LogP contribution in [-0.4, -0.2) is 41.1 Å². The largest absolute Gasteiger partial charge is 0.481 e. The molecule has 1 heterocycles. The maximum atomic E-state index is 13.7. The zero-order chi connectivity index (χ0) is 19.4. The van der Waals surface area contributed by atoms with Crippen molar-refractivity contribution in [2.24, 2.45) is 0 Å². The van der Waals surface area contributed by atoms with E-state index in [0.717, 1.165) is 25.7 Å². The first kappa shape index (κ1) is 20.7. The second-order valence-electron chi connectivity index (χ2n) is 8.61. The second kappa shape index (κ2) is 8.38. The summed E-state index contributed by atoms with van der Waals surface area (Å²) in [5.74, 6) is -0.382. The van der Waals surface area contributed by atoms with E-state index in [0.29, 0.717) is 6.54 Å². The number of nitrogens with zero attached hydrogens (tertiary/aromatic N) is 1. The van der Waals surface area contributed by atoms with E-state index in [9.17, 15) is 9.18 Å². The van der Waals surface area contributed by atoms with Crippen molar-refractivity contribution < 1.29 is 13.9 Å². The first-order chi connectivity index (χ1) is 12.1. The molecule has 1 aliphatic rings. The Morgan fingerprint density at radius 3 is 2.42 bits per heavy atom. The highest BCUT2D eigenvalue weighted by molar-refractivity contribution is 5.78. The van der Waals surface area contributed by atoms with E-state index >= 15 is 0 Å². The molecular weight excluding hydrogens is 331 g/mol. The zero-order valence-corrected chi connectivity index (χ0v) is 16.8. The minimum atomic E-state index is -0.440. The number of halogens is 1. The van der Waals surface area contributed by atoms with Crippen LogP contribution in [0, 0.1) is 5.82 Å². The summed E-state index contributed by atoms with van der Waals surface area (Å²) in [7, 11) is 0. The number of carbonyl (C=O) groups is 1. The number of rotatable bonds is 7. The van der Waals surface area contributed by atoms with Crippen LogP contribution in [0.3, 0.4) is 0 Å². The molecule has 0 aromatic heterocycles. The molecule has 1 aromatic carbocycles. The number of hydrogen-bond acceptors (Lipinski definition) is 3. The van der Waals surface area contributed by atoms with Gasteiger partial charge in [0.1, 0.15) is 0 Å². The van der Waals surface area contributed by atoms with Crippen molar-refractivity contribution in [3.05, 3.63) is 30.1 Å². The lowest BCUT2D eigenvalue weighted by atomic mass is 9.79. The van der Waals surface area contributed by atoms with E-state index in [1.165, 1.54) is 6.07 Å². The Morgan fingerprint density at radius 2 is 1.85 bits per heavy atom. The first-order valence-corrected chi connectivity index (χ1v) is 9.60. The van der Waals surface area contributed by atoms with E-state index in [1.54, 1.807) is 18.2 Å². The van der Waals surface area contributed by atoms with Crippen molar-refractivity contribution in [3.8, 4) is 5.75 Å². The van der Waals surface area contributed by atoms with Crippen molar-refractivity contribution >= 4 is 5.91 Å². The van der Waals surface area contributed by atoms with Crippen LogP contribution in [0.2, 0.25) is 0 Å². The van der Waals surface area contributed by atoms with Gasteiger partial charge in [0.25, 0.3) is 5.91 Å². The van der Waals surface area contributed by atoms with E-state index in [2.05, 4.69) is 39.9 Å². The molecule has 1 fully saturated rings. The Labute approximate surface area is 157 Å². The Kier molecular flexibility index (Phi) is 6.67. The van der Waals surface area contributed by atoms with Crippen molar-refractivity contribution in [2.75, 3.05) is 13.2 Å². The number of benzene rings is 1. The quantitative estimate of drug-likeness (QED) is 0.790. The maximum absolute atomic E-state index is 13.7. The Hall–Kier alpha value is -1.62. The summed E-state index contributed by atoms with van der Waals surface area (Å²) in [6.45, 7) is 11.4. The summed E-state index contributed by atoms with van der Waals surface area (Å²) in [6.07, 6.45) is 3.77. The molecule has 0 aliphatic carbocycles. The van der Waals surface area contributed by atoms with Crippen LogP contribution >= 0.6 is 0 Å². The van der Waals surface area contributed by atoms with Crippen molar-refractivity contribution in [3.63, 3.8) is 0 Å². The molecule has 1 amide bonds. The summed E-state index contributed by atoms with van der Waals surface area (Å²) in [4.78, 5) is 14.9. The van der Waals surface area contributed by atoms with Crippen LogP contribution in [0.1, 0.15) is 60.3 Å². The van der Waals surface area contributed by atoms with Gasteiger partial charge in [-0.05, 0) is 59.1 Å². The molecule has 1 aromatic rings. The average molecular weight is 365 g/mol. The van der Waals surface area contributed by atoms with Crippen LogP contribution in [0.25, 0.3) is 0 Å². The third kappa shape index (κ3) is 5.70. The Bertz CT molecular complexity index is 600. The minimum Gasteiger partial charge on any atom is -0.481 e. The number of para-hydroxylation sites is 1. The van der Waals surface area contributed by atoms with E-state index in [-0.39, 0.29) is 35.4 Å². The van der Waals surface area contributed by atoms with Gasteiger partial charge >= 0.3 is 0 Å². The minimum absolute atomic E-state index is 0.0381. The summed E-state index contributed by atoms with van der Waals surface area (Å²) in [6, 6.07) is 6.36. The van der Waals surface area contributed by atoms with Gasteiger partial charge in [-0.2, -0.15) is 0 Å². The standard InChI is InChI=1S/C21H33FN2O2/c1-6-7-12-24(16-13-20(2,3)23-21(4,5)14-16)19(25)15-26-18-11-9-8-10-17(18)22/h8-11,16,23H,6-7,12-15H2,1-5H3. The molecule has 0 bridgehead atoms. The predicted molar refractivity (Wildman–Crippen MR) is 103 cm³/mol. The highest BCUT2D eigenvalue weighted by atomic mass is 19.1. The molecule has 1 N–H and O–H groups in total. The maximum Gasteiger partial charge on any atom is 0.260 e. The van der Waals surface area contributed by atoms with E-state index < -0.39 is 5.82 Å². The van der Waals surface area contributed by atoms with E-state index in [1.807, 2.05) is 4.90 Å². The van der Waals surface area contributed by atoms with Gasteiger partial charge < -0.3 is 15.0 Å². The third-order valence-electron chi connectivity index (χ3n) is 4.87. The van der Waals surface area contributed by atoms with Gasteiger partial charge in [0.2, 0.25) is 0 Å². The smallest absolute Gasteiger partial charge is 0.260 e. The Morgan fingerprint density at radius 1 is 1.23 bits per heavy atom. The molecule has 0 radical (unpaired) electrons. The molecule has 0 spiro atoms. The van der Waals surface area contributed by atoms with Crippen LogP contribution in [-0.2, 0) is 4.79 Å². The first-order valence-electron chi connectivity index (χ1n) is 9.60. The highest BCUT2D eigenvalue weighted by Gasteiger charge is 2.41. The van der Waals surface area contributed by atoms with Crippen molar-refractivity contribution in [1.29, 1.82) is 0 Å². The summed E-state index contributed by atoms with van der Waals surface area (Å²) in [5.41, 5.74) is -0.0763. The summed E-state index contributed by atoms with van der Waals surface area (Å²) >= 11 is 0. The number of piperidine rings is 1. The molecule has 0 unspecified atom stereocenters. The molecule has 0 atom stereocenters. The van der Waals surface area contributed by atoms with Crippen LogP contribution in [0.4, 0.5) is 4.39 Å². The summed E-state index contributed by atoms with van der Waals surface area (Å²) < 4.78 is 19.2. The monoisotopic (exact) mass is 364 g/mol. The molecule has 4 nitrogen and oxygen atoms in total. The zero-order valence-electron chi connectivity index (χ0n) is 16.8. The molecule has 5 heteroatoms. The lowest BCUT2D eigenvalue weighted by molar-refractivity contribution is -0.137. The van der Waals surface area contributed by atoms with Crippen LogP contribution in [0.15, 0.2) is 24.3 Å². The lowest BCUT2D eigenvalue weighted by Gasteiger charge is -2.49. The highest BCUT2D eigenvalue weighted by Crippen LogP contribution is 2.32. The number of hydrogen-bond donors (Lipinski definition) is 1. The fourth-order valence-electron chi connectivity index (χ4n) is 4.11. The number of unbranched alkanes of at least 4 members (excludes halogenated alkanes) is 1. The van der Waals surface area contributed by atoms with Gasteiger partial charge in [0.05, 0.1) is 0 Å². The fourth-order valence-corrected chi connectivity index (χ4v) is 4.11. The number of nitrogens with one attached hydrogen (secondary N) is 1. The second-order valence-corrected chi connectivity index (χ2v) is 8.61. The van der Waals surface area contributed by atoms with E-state index in [4.69, 9.17) is 4.74 Å². The predicted octanol–water partition coefficient (Wildman–Crippen LogP) is 4.14. The molecule has 2 rings (SSSR count). The molecular formula is C21H33FN2O2. The SMILES string of the molecule is CCCCN(C(=O)COc1ccccc1F)C1CC(C)(C)NC(C)(C)C1. The third-order valence-corrected chi connectivity index (χ3v) is 4.87. The Balaban J connectivity index is 2.10. The van der Waals surface area contributed by atoms with Gasteiger partial charge in [-0.15, -0.1) is 0 Å². The summed E-state index contributed by atoms with van der Waals surface area (Å²) in [5, 5.41) is 3.66. The van der Waals surface area contributed by atoms with Gasteiger partial charge in [-0.3, -0.25) is 4.79 Å². The number of ether oxygens (including phenoxy) is 1. The van der Waals surface area contributed by atoms with Crippen molar-refractivity contribution in [2.45, 2.75) is 77.4 Å². The van der Waals surface area contributed by atoms with Crippen LogP contribution < -0.4 is 10.1 Å². The normalized spacial score (nSPS) is 19.2. The molecule has 146 valence electrons. The van der Waals surface area contributed by atoms with Gasteiger partial charge in [0.15, 0.2) is 18.2 Å². The topological polar surface area (TPSA) is 41.6 Å². The molecule has 26 heavy (non-hydrogen) atoms. The van der Waals surface area contributed by atoms with Crippen LogP contribution in [0.5, 0.6) is 5.75 Å². The molecule has 1 saturated heterocycles. The lowest BCUT2D eigenvalue weighted by Crippen LogP contribution is -2.63. The number of carbonyl (C=O) groups excluding carboxylic acids is 1. The molecule has 0 saturated carbocycles. The fraction of sp³-hybridized carbons (Fsp3) is 0.667. The van der Waals surface area contributed by atoms with Crippen molar-refractivity contribution in [1.82, 2.24) is 10.2 Å². The number of amides is 1. The molecule has 1 aliphatic heterocycles. The average Bonchev–Trinajstić information content (AvgIpc) is 2.51.